The van der Waals surface area contributed by atoms with Gasteiger partial charge in [0.05, 0.1) is 24.6 Å². The van der Waals surface area contributed by atoms with Gasteiger partial charge in [0.15, 0.2) is 0 Å². The molecular weight excluding hydrogens is 346 g/mol. The molecule has 0 aliphatic heterocycles. The van der Waals surface area contributed by atoms with Gasteiger partial charge in [-0.3, -0.25) is 9.78 Å². The summed E-state index contributed by atoms with van der Waals surface area (Å²) >= 11 is 0. The maximum absolute atomic E-state index is 12.0. The van der Waals surface area contributed by atoms with E-state index in [-0.39, 0.29) is 16.8 Å². The number of benzene rings is 1. The Kier molecular flexibility index (Phi) is 4.19. The fourth-order valence-corrected chi connectivity index (χ4v) is 2.34. The summed E-state index contributed by atoms with van der Waals surface area (Å²) in [6, 6.07) is 6.36. The van der Waals surface area contributed by atoms with Crippen molar-refractivity contribution in [2.24, 2.45) is 0 Å². The predicted octanol–water partition coefficient (Wildman–Crippen LogP) is -0.204. The SMILES string of the molecule is COC(=O)c1ccccc1-n1cc(-c2c(C(=O)O)[nH]c(=O)[nH]c2=O)nn1. The first-order valence-corrected chi connectivity index (χ1v) is 7.12. The average Bonchev–Trinajstić information content (AvgIpc) is 3.09. The standard InChI is InChI=1S/C15H11N5O6/c1-26-14(24)7-4-2-3-5-9(7)20-6-8(18-19-20)10-11(13(22)23)16-15(25)17-12(10)21/h2-6H,1H3,(H,22,23)(H2,16,17,21,25). The number of nitrogens with zero attached hydrogens (tertiary/aromatic N) is 3. The van der Waals surface area contributed by atoms with Crippen molar-refractivity contribution in [3.63, 3.8) is 0 Å². The Hall–Kier alpha value is -4.02. The molecule has 3 aromatic rings. The lowest BCUT2D eigenvalue weighted by atomic mass is 10.1. The van der Waals surface area contributed by atoms with E-state index >= 15 is 0 Å². The second-order valence-corrected chi connectivity index (χ2v) is 5.02. The van der Waals surface area contributed by atoms with Crippen LogP contribution in [0.5, 0.6) is 0 Å². The van der Waals surface area contributed by atoms with E-state index in [4.69, 9.17) is 4.74 Å². The fourth-order valence-electron chi connectivity index (χ4n) is 2.34. The number of carboxylic acid groups (broad SMARTS) is 1. The number of methoxy groups -OCH3 is 1. The number of esters is 1. The summed E-state index contributed by atoms with van der Waals surface area (Å²) in [5.74, 6) is -2.11. The van der Waals surface area contributed by atoms with Crippen LogP contribution >= 0.6 is 0 Å². The summed E-state index contributed by atoms with van der Waals surface area (Å²) < 4.78 is 5.89. The van der Waals surface area contributed by atoms with Crippen LogP contribution in [0, 0.1) is 0 Å². The number of para-hydroxylation sites is 1. The van der Waals surface area contributed by atoms with Crippen LogP contribution in [-0.4, -0.2) is 49.1 Å². The maximum Gasteiger partial charge on any atom is 0.353 e. The van der Waals surface area contributed by atoms with Crippen molar-refractivity contribution in [3.8, 4) is 16.9 Å². The molecule has 0 fully saturated rings. The second kappa shape index (κ2) is 6.47. The van der Waals surface area contributed by atoms with Crippen LogP contribution < -0.4 is 11.2 Å². The Morgan fingerprint density at radius 3 is 2.62 bits per heavy atom. The Morgan fingerprint density at radius 1 is 1.19 bits per heavy atom. The molecule has 0 radical (unpaired) electrons. The monoisotopic (exact) mass is 357 g/mol. The molecule has 26 heavy (non-hydrogen) atoms. The number of ether oxygens (including phenoxy) is 1. The van der Waals surface area contributed by atoms with Crippen molar-refractivity contribution < 1.29 is 19.4 Å². The highest BCUT2D eigenvalue weighted by Crippen LogP contribution is 2.19. The van der Waals surface area contributed by atoms with Crippen molar-refractivity contribution in [1.82, 2.24) is 25.0 Å². The van der Waals surface area contributed by atoms with E-state index in [2.05, 4.69) is 10.3 Å². The number of carbonyl (C=O) groups excluding carboxylic acids is 1. The van der Waals surface area contributed by atoms with Gasteiger partial charge in [0, 0.05) is 0 Å². The van der Waals surface area contributed by atoms with Gasteiger partial charge >= 0.3 is 17.6 Å². The molecule has 0 spiro atoms. The first-order chi connectivity index (χ1) is 12.4. The highest BCUT2D eigenvalue weighted by Gasteiger charge is 2.21. The number of nitrogens with one attached hydrogen (secondary N) is 2. The Balaban J connectivity index is 2.17. The number of aromatic carboxylic acids is 1. The zero-order valence-corrected chi connectivity index (χ0v) is 13.2. The molecule has 11 heteroatoms. The summed E-state index contributed by atoms with van der Waals surface area (Å²) in [7, 11) is 1.23. The number of rotatable bonds is 4. The molecule has 2 aromatic heterocycles. The lowest BCUT2D eigenvalue weighted by molar-refractivity contribution is 0.0599. The number of hydrogen-bond acceptors (Lipinski definition) is 7. The fraction of sp³-hybridized carbons (Fsp3) is 0.0667. The highest BCUT2D eigenvalue weighted by molar-refractivity contribution is 5.94. The molecule has 0 aliphatic rings. The van der Waals surface area contributed by atoms with Crippen LogP contribution in [0.25, 0.3) is 16.9 Å². The molecule has 3 rings (SSSR count). The van der Waals surface area contributed by atoms with Crippen molar-refractivity contribution >= 4 is 11.9 Å². The van der Waals surface area contributed by atoms with Gasteiger partial charge in [-0.15, -0.1) is 5.10 Å². The van der Waals surface area contributed by atoms with Crippen molar-refractivity contribution in [2.75, 3.05) is 7.11 Å². The third kappa shape index (κ3) is 2.88. The van der Waals surface area contributed by atoms with Gasteiger partial charge in [0.25, 0.3) is 5.56 Å². The Labute approximate surface area is 143 Å². The average molecular weight is 357 g/mol. The molecule has 132 valence electrons. The molecule has 0 saturated heterocycles. The summed E-state index contributed by atoms with van der Waals surface area (Å²) in [5.41, 5.74) is -2.46. The summed E-state index contributed by atoms with van der Waals surface area (Å²) in [5, 5.41) is 16.8. The van der Waals surface area contributed by atoms with Crippen LogP contribution in [0.3, 0.4) is 0 Å². The number of aromatic nitrogens is 5. The van der Waals surface area contributed by atoms with Gasteiger partial charge in [-0.25, -0.2) is 19.1 Å². The number of carboxylic acids is 1. The summed E-state index contributed by atoms with van der Waals surface area (Å²) in [4.78, 5) is 50.5. The Bertz CT molecular complexity index is 1130. The number of hydrogen-bond donors (Lipinski definition) is 3. The largest absolute Gasteiger partial charge is 0.477 e. The Morgan fingerprint density at radius 2 is 1.92 bits per heavy atom. The van der Waals surface area contributed by atoms with Crippen LogP contribution in [0.4, 0.5) is 0 Å². The lowest BCUT2D eigenvalue weighted by Crippen LogP contribution is -2.28. The van der Waals surface area contributed by atoms with Gasteiger partial charge in [0.2, 0.25) is 0 Å². The number of aromatic amines is 2. The molecule has 0 atom stereocenters. The maximum atomic E-state index is 12.0. The third-order valence-corrected chi connectivity index (χ3v) is 3.46. The minimum absolute atomic E-state index is 0.0976. The van der Waals surface area contributed by atoms with Gasteiger partial charge < -0.3 is 14.8 Å². The van der Waals surface area contributed by atoms with E-state index in [9.17, 15) is 24.3 Å². The van der Waals surface area contributed by atoms with Gasteiger partial charge in [-0.1, -0.05) is 17.3 Å². The molecule has 1 aromatic carbocycles. The first kappa shape index (κ1) is 16.8. The third-order valence-electron chi connectivity index (χ3n) is 3.46. The van der Waals surface area contributed by atoms with E-state index in [0.29, 0.717) is 5.69 Å². The van der Waals surface area contributed by atoms with Gasteiger partial charge in [0.1, 0.15) is 17.0 Å². The zero-order valence-electron chi connectivity index (χ0n) is 13.2. The van der Waals surface area contributed by atoms with E-state index in [0.717, 1.165) is 0 Å². The predicted molar refractivity (Wildman–Crippen MR) is 86.3 cm³/mol. The van der Waals surface area contributed by atoms with E-state index in [1.54, 1.807) is 18.2 Å². The van der Waals surface area contributed by atoms with Crippen molar-refractivity contribution in [2.45, 2.75) is 0 Å². The van der Waals surface area contributed by atoms with Gasteiger partial charge in [-0.05, 0) is 12.1 Å². The number of carbonyl (C=O) groups is 2. The highest BCUT2D eigenvalue weighted by atomic mass is 16.5. The van der Waals surface area contributed by atoms with Crippen LogP contribution in [0.2, 0.25) is 0 Å². The lowest BCUT2D eigenvalue weighted by Gasteiger charge is -2.06. The normalized spacial score (nSPS) is 10.5. The molecule has 11 nitrogen and oxygen atoms in total. The minimum Gasteiger partial charge on any atom is -0.477 e. The number of H-pyrrole nitrogens is 2. The van der Waals surface area contributed by atoms with Crippen molar-refractivity contribution in [3.05, 3.63) is 62.6 Å². The molecule has 3 N–H and O–H groups in total. The summed E-state index contributed by atoms with van der Waals surface area (Å²) in [6.45, 7) is 0. The zero-order chi connectivity index (χ0) is 18.8. The molecule has 0 bridgehead atoms. The second-order valence-electron chi connectivity index (χ2n) is 5.02. The van der Waals surface area contributed by atoms with Crippen LogP contribution in [-0.2, 0) is 4.74 Å². The molecule has 0 amide bonds. The van der Waals surface area contributed by atoms with Crippen molar-refractivity contribution in [1.29, 1.82) is 0 Å². The quantitative estimate of drug-likeness (QED) is 0.541. The van der Waals surface area contributed by atoms with E-state index in [1.165, 1.54) is 24.1 Å². The smallest absolute Gasteiger partial charge is 0.353 e. The van der Waals surface area contributed by atoms with Crippen LogP contribution in [0.1, 0.15) is 20.8 Å². The molecule has 0 unspecified atom stereocenters. The van der Waals surface area contributed by atoms with Gasteiger partial charge in [-0.2, -0.15) is 0 Å². The molecule has 0 aliphatic carbocycles. The molecular formula is C15H11N5O6. The molecule has 0 saturated carbocycles. The summed E-state index contributed by atoms with van der Waals surface area (Å²) in [6.07, 6.45) is 1.26. The molecule has 2 heterocycles. The van der Waals surface area contributed by atoms with E-state index < -0.39 is 28.9 Å². The van der Waals surface area contributed by atoms with Crippen LogP contribution in [0.15, 0.2) is 40.1 Å². The first-order valence-electron chi connectivity index (χ1n) is 7.12. The van der Waals surface area contributed by atoms with E-state index in [1.807, 2.05) is 9.97 Å². The minimum atomic E-state index is -1.51. The topological polar surface area (TPSA) is 160 Å².